The topological polar surface area (TPSA) is 98.6 Å². The molecule has 0 aliphatic carbocycles. The molecule has 0 unspecified atom stereocenters. The van der Waals surface area contributed by atoms with E-state index in [1.54, 1.807) is 12.1 Å². The Morgan fingerprint density at radius 1 is 1.55 bits per heavy atom. The number of hydrogen-bond acceptors (Lipinski definition) is 6. The minimum absolute atomic E-state index is 0.0184. The third-order valence-corrected chi connectivity index (χ3v) is 3.96. The van der Waals surface area contributed by atoms with Gasteiger partial charge in [-0.2, -0.15) is 0 Å². The Morgan fingerprint density at radius 3 is 3.05 bits per heavy atom. The molecule has 1 fully saturated rings. The van der Waals surface area contributed by atoms with Crippen molar-refractivity contribution in [2.45, 2.75) is 19.3 Å². The molecule has 2 heterocycles. The van der Waals surface area contributed by atoms with Gasteiger partial charge in [0.15, 0.2) is 0 Å². The van der Waals surface area contributed by atoms with E-state index in [1.807, 2.05) is 4.90 Å². The zero-order valence-corrected chi connectivity index (χ0v) is 12.5. The van der Waals surface area contributed by atoms with Crippen molar-refractivity contribution in [1.29, 1.82) is 0 Å². The summed E-state index contributed by atoms with van der Waals surface area (Å²) in [6.07, 6.45) is 5.00. The first-order valence-electron chi connectivity index (χ1n) is 7.37. The van der Waals surface area contributed by atoms with E-state index in [0.29, 0.717) is 37.6 Å². The number of piperidine rings is 1. The Bertz CT molecular complexity index is 537. The van der Waals surface area contributed by atoms with Crippen molar-refractivity contribution in [3.63, 3.8) is 0 Å². The number of anilines is 2. The molecule has 7 nitrogen and oxygen atoms in total. The Labute approximate surface area is 129 Å². The Hall–Kier alpha value is -2.15. The van der Waals surface area contributed by atoms with Gasteiger partial charge in [-0.3, -0.25) is 4.79 Å². The lowest BCUT2D eigenvalue weighted by atomic mass is 9.77. The summed E-state index contributed by atoms with van der Waals surface area (Å²) in [5, 5.41) is 21.4. The van der Waals surface area contributed by atoms with Gasteiger partial charge in [0.25, 0.3) is 0 Å². The predicted octanol–water partition coefficient (Wildman–Crippen LogP) is 1.13. The highest BCUT2D eigenvalue weighted by Crippen LogP contribution is 2.36. The SMILES string of the molecule is C=CC[C@]1(C(=O)O)CCCN(c2cc(NCCO)ncn2)C1. The van der Waals surface area contributed by atoms with Gasteiger partial charge in [0.1, 0.15) is 18.0 Å². The number of allylic oxidation sites excluding steroid dienone is 1. The standard InChI is InChI=1S/C15H22N4O3/c1-2-4-15(14(21)22)5-3-7-19(10-15)13-9-12(16-6-8-20)17-11-18-13/h2,9,11,20H,1,3-8,10H2,(H,21,22)(H,16,17,18)/t15-/m0/s1. The first kappa shape index (κ1) is 16.2. The van der Waals surface area contributed by atoms with E-state index in [0.717, 1.165) is 13.0 Å². The van der Waals surface area contributed by atoms with Crippen LogP contribution < -0.4 is 10.2 Å². The number of aliphatic carboxylic acids is 1. The number of rotatable bonds is 7. The summed E-state index contributed by atoms with van der Waals surface area (Å²) < 4.78 is 0. The molecule has 0 aromatic carbocycles. The molecule has 0 saturated carbocycles. The summed E-state index contributed by atoms with van der Waals surface area (Å²) in [6.45, 7) is 5.29. The molecule has 120 valence electrons. The van der Waals surface area contributed by atoms with Crippen LogP contribution in [0.25, 0.3) is 0 Å². The van der Waals surface area contributed by atoms with E-state index in [4.69, 9.17) is 5.11 Å². The lowest BCUT2D eigenvalue weighted by Crippen LogP contribution is -2.48. The fourth-order valence-corrected chi connectivity index (χ4v) is 2.83. The molecular weight excluding hydrogens is 284 g/mol. The third kappa shape index (κ3) is 3.54. The van der Waals surface area contributed by atoms with Crippen molar-refractivity contribution in [2.75, 3.05) is 36.5 Å². The average Bonchev–Trinajstić information content (AvgIpc) is 2.53. The van der Waals surface area contributed by atoms with Crippen LogP contribution in [-0.4, -0.2) is 52.4 Å². The van der Waals surface area contributed by atoms with Crippen LogP contribution in [0.15, 0.2) is 25.0 Å². The Balaban J connectivity index is 2.18. The molecule has 2 rings (SSSR count). The highest BCUT2D eigenvalue weighted by molar-refractivity contribution is 5.76. The second kappa shape index (κ2) is 7.22. The number of carboxylic acids is 1. The quantitative estimate of drug-likeness (QED) is 0.649. The molecule has 3 N–H and O–H groups in total. The molecule has 22 heavy (non-hydrogen) atoms. The maximum atomic E-state index is 11.7. The molecule has 1 atom stereocenters. The van der Waals surface area contributed by atoms with Gasteiger partial charge in [-0.05, 0) is 19.3 Å². The minimum atomic E-state index is -0.802. The molecule has 7 heteroatoms. The summed E-state index contributed by atoms with van der Waals surface area (Å²) in [5.74, 6) is 0.531. The summed E-state index contributed by atoms with van der Waals surface area (Å²) in [7, 11) is 0. The molecule has 0 bridgehead atoms. The van der Waals surface area contributed by atoms with Crippen LogP contribution in [-0.2, 0) is 4.79 Å². The number of hydrogen-bond donors (Lipinski definition) is 3. The number of carboxylic acid groups (broad SMARTS) is 1. The summed E-state index contributed by atoms with van der Waals surface area (Å²) in [6, 6.07) is 1.78. The van der Waals surface area contributed by atoms with Gasteiger partial charge >= 0.3 is 5.97 Å². The van der Waals surface area contributed by atoms with Crippen molar-refractivity contribution >= 4 is 17.6 Å². The van der Waals surface area contributed by atoms with E-state index in [1.165, 1.54) is 6.33 Å². The van der Waals surface area contributed by atoms with Crippen LogP contribution in [0.4, 0.5) is 11.6 Å². The van der Waals surface area contributed by atoms with Crippen molar-refractivity contribution in [1.82, 2.24) is 9.97 Å². The van der Waals surface area contributed by atoms with E-state index in [9.17, 15) is 9.90 Å². The second-order valence-corrected chi connectivity index (χ2v) is 5.52. The molecule has 0 amide bonds. The Morgan fingerprint density at radius 2 is 2.36 bits per heavy atom. The number of aliphatic hydroxyl groups is 1. The zero-order chi connectivity index (χ0) is 16.0. The first-order valence-corrected chi connectivity index (χ1v) is 7.37. The van der Waals surface area contributed by atoms with Gasteiger partial charge < -0.3 is 20.4 Å². The highest BCUT2D eigenvalue weighted by atomic mass is 16.4. The summed E-state index contributed by atoms with van der Waals surface area (Å²) in [5.41, 5.74) is -0.802. The van der Waals surface area contributed by atoms with Gasteiger partial charge in [0, 0.05) is 25.7 Å². The normalized spacial score (nSPS) is 21.4. The van der Waals surface area contributed by atoms with Gasteiger partial charge in [-0.1, -0.05) is 6.08 Å². The molecule has 1 aromatic heterocycles. The van der Waals surface area contributed by atoms with Crippen molar-refractivity contribution < 1.29 is 15.0 Å². The van der Waals surface area contributed by atoms with Crippen molar-refractivity contribution in [3.05, 3.63) is 25.0 Å². The van der Waals surface area contributed by atoms with Crippen molar-refractivity contribution in [2.24, 2.45) is 5.41 Å². The molecular formula is C15H22N4O3. The molecule has 1 saturated heterocycles. The van der Waals surface area contributed by atoms with Crippen LogP contribution in [0.1, 0.15) is 19.3 Å². The molecule has 1 aliphatic rings. The maximum absolute atomic E-state index is 11.7. The second-order valence-electron chi connectivity index (χ2n) is 5.52. The lowest BCUT2D eigenvalue weighted by Gasteiger charge is -2.40. The smallest absolute Gasteiger partial charge is 0.311 e. The molecule has 0 spiro atoms. The van der Waals surface area contributed by atoms with Crippen LogP contribution >= 0.6 is 0 Å². The summed E-state index contributed by atoms with van der Waals surface area (Å²) in [4.78, 5) is 22.0. The fraction of sp³-hybridized carbons (Fsp3) is 0.533. The first-order chi connectivity index (χ1) is 10.6. The van der Waals surface area contributed by atoms with Crippen LogP contribution in [0.2, 0.25) is 0 Å². The monoisotopic (exact) mass is 306 g/mol. The number of nitrogens with one attached hydrogen (secondary N) is 1. The number of carbonyl (C=O) groups is 1. The van der Waals surface area contributed by atoms with Crippen LogP contribution in [0.5, 0.6) is 0 Å². The van der Waals surface area contributed by atoms with Gasteiger partial charge in [-0.25, -0.2) is 9.97 Å². The minimum Gasteiger partial charge on any atom is -0.481 e. The average molecular weight is 306 g/mol. The van der Waals surface area contributed by atoms with Crippen LogP contribution in [0.3, 0.4) is 0 Å². The van der Waals surface area contributed by atoms with Crippen LogP contribution in [0, 0.1) is 5.41 Å². The highest BCUT2D eigenvalue weighted by Gasteiger charge is 2.41. The predicted molar refractivity (Wildman–Crippen MR) is 83.9 cm³/mol. The van der Waals surface area contributed by atoms with E-state index in [-0.39, 0.29) is 6.61 Å². The third-order valence-electron chi connectivity index (χ3n) is 3.96. The summed E-state index contributed by atoms with van der Waals surface area (Å²) >= 11 is 0. The van der Waals surface area contributed by atoms with Gasteiger partial charge in [0.05, 0.1) is 12.0 Å². The molecule has 1 aromatic rings. The number of aromatic nitrogens is 2. The Kier molecular flexibility index (Phi) is 5.32. The number of nitrogens with zero attached hydrogens (tertiary/aromatic N) is 3. The zero-order valence-electron chi connectivity index (χ0n) is 12.5. The van der Waals surface area contributed by atoms with Crippen molar-refractivity contribution in [3.8, 4) is 0 Å². The largest absolute Gasteiger partial charge is 0.481 e. The fourth-order valence-electron chi connectivity index (χ4n) is 2.83. The van der Waals surface area contributed by atoms with Gasteiger partial charge in [0.2, 0.25) is 0 Å². The van der Waals surface area contributed by atoms with E-state index < -0.39 is 11.4 Å². The molecule has 0 radical (unpaired) electrons. The maximum Gasteiger partial charge on any atom is 0.311 e. The molecule has 1 aliphatic heterocycles. The number of aliphatic hydroxyl groups excluding tert-OH is 1. The van der Waals surface area contributed by atoms with Gasteiger partial charge in [-0.15, -0.1) is 6.58 Å². The van der Waals surface area contributed by atoms with E-state index >= 15 is 0 Å². The van der Waals surface area contributed by atoms with E-state index in [2.05, 4.69) is 21.9 Å². The lowest BCUT2D eigenvalue weighted by molar-refractivity contribution is -0.149.